The number of ether oxygens (including phenoxy) is 1. The topological polar surface area (TPSA) is 55.4 Å². The van der Waals surface area contributed by atoms with E-state index in [-0.39, 0.29) is 18.6 Å². The highest BCUT2D eigenvalue weighted by Gasteiger charge is 2.14. The van der Waals surface area contributed by atoms with Gasteiger partial charge >= 0.3 is 5.97 Å². The number of rotatable bonds is 5. The Morgan fingerprint density at radius 1 is 1.23 bits per heavy atom. The maximum absolute atomic E-state index is 11.9. The number of benzene rings is 1. The lowest BCUT2D eigenvalue weighted by Crippen LogP contribution is -2.30. The molecule has 1 atom stereocenters. The lowest BCUT2D eigenvalue weighted by molar-refractivity contribution is -0.124. The maximum Gasteiger partial charge on any atom is 0.338 e. The molecule has 0 spiro atoms. The fourth-order valence-electron chi connectivity index (χ4n) is 1.97. The first kappa shape index (κ1) is 16.2. The molecule has 1 N–H and O–H groups in total. The highest BCUT2D eigenvalue weighted by molar-refractivity contribution is 7.10. The van der Waals surface area contributed by atoms with E-state index >= 15 is 0 Å². The zero-order valence-electron chi connectivity index (χ0n) is 12.9. The fraction of sp³-hybridized carbons (Fsp3) is 0.294. The van der Waals surface area contributed by atoms with Gasteiger partial charge in [-0.25, -0.2) is 4.79 Å². The maximum atomic E-state index is 11.9. The van der Waals surface area contributed by atoms with Gasteiger partial charge in [-0.3, -0.25) is 4.79 Å². The molecule has 0 aliphatic rings. The van der Waals surface area contributed by atoms with Crippen LogP contribution in [0, 0.1) is 13.8 Å². The van der Waals surface area contributed by atoms with Crippen LogP contribution in [-0.4, -0.2) is 18.5 Å². The van der Waals surface area contributed by atoms with Gasteiger partial charge in [0.15, 0.2) is 6.61 Å². The monoisotopic (exact) mass is 317 g/mol. The van der Waals surface area contributed by atoms with Gasteiger partial charge in [0.25, 0.3) is 5.91 Å². The summed E-state index contributed by atoms with van der Waals surface area (Å²) in [6.07, 6.45) is 0. The lowest BCUT2D eigenvalue weighted by atomic mass is 10.1. The molecule has 0 saturated heterocycles. The van der Waals surface area contributed by atoms with Crippen LogP contribution >= 0.6 is 11.3 Å². The first-order valence-electron chi connectivity index (χ1n) is 7.04. The van der Waals surface area contributed by atoms with E-state index in [0.29, 0.717) is 5.56 Å². The van der Waals surface area contributed by atoms with E-state index in [4.69, 9.17) is 4.74 Å². The Bertz CT molecular complexity index is 665. The Morgan fingerprint density at radius 3 is 2.64 bits per heavy atom. The highest BCUT2D eigenvalue weighted by atomic mass is 32.1. The smallest absolute Gasteiger partial charge is 0.338 e. The van der Waals surface area contributed by atoms with Gasteiger partial charge in [0.2, 0.25) is 0 Å². The summed E-state index contributed by atoms with van der Waals surface area (Å²) >= 11 is 1.57. The Balaban J connectivity index is 1.85. The number of nitrogens with one attached hydrogen (secondary N) is 1. The number of hydrogen-bond acceptors (Lipinski definition) is 4. The van der Waals surface area contributed by atoms with Crippen LogP contribution in [0.15, 0.2) is 35.7 Å². The number of amides is 1. The van der Waals surface area contributed by atoms with Gasteiger partial charge in [-0.15, -0.1) is 11.3 Å². The van der Waals surface area contributed by atoms with Crippen molar-refractivity contribution in [2.75, 3.05) is 6.61 Å². The molecule has 2 aromatic rings. The van der Waals surface area contributed by atoms with Crippen molar-refractivity contribution >= 4 is 23.2 Å². The minimum absolute atomic E-state index is 0.0900. The zero-order chi connectivity index (χ0) is 16.1. The van der Waals surface area contributed by atoms with Gasteiger partial charge in [0.05, 0.1) is 11.6 Å². The Labute approximate surface area is 134 Å². The summed E-state index contributed by atoms with van der Waals surface area (Å²) in [6, 6.07) is 9.14. The van der Waals surface area contributed by atoms with Crippen LogP contribution in [0.2, 0.25) is 0 Å². The van der Waals surface area contributed by atoms with E-state index in [2.05, 4.69) is 5.32 Å². The summed E-state index contributed by atoms with van der Waals surface area (Å²) in [5, 5.41) is 4.76. The van der Waals surface area contributed by atoms with Crippen LogP contribution in [0.5, 0.6) is 0 Å². The molecule has 1 unspecified atom stereocenters. The average Bonchev–Trinajstić information content (AvgIpc) is 3.02. The summed E-state index contributed by atoms with van der Waals surface area (Å²) in [7, 11) is 0. The number of carbonyl (C=O) groups excluding carboxylic acids is 2. The van der Waals surface area contributed by atoms with Crippen molar-refractivity contribution in [1.29, 1.82) is 0 Å². The number of carbonyl (C=O) groups is 2. The van der Waals surface area contributed by atoms with Crippen molar-refractivity contribution in [2.24, 2.45) is 0 Å². The quantitative estimate of drug-likeness (QED) is 0.860. The van der Waals surface area contributed by atoms with Gasteiger partial charge < -0.3 is 10.1 Å². The van der Waals surface area contributed by atoms with Crippen molar-refractivity contribution in [2.45, 2.75) is 26.8 Å². The van der Waals surface area contributed by atoms with E-state index in [1.54, 1.807) is 23.5 Å². The molecule has 0 aliphatic carbocycles. The van der Waals surface area contributed by atoms with E-state index in [1.807, 2.05) is 44.4 Å². The zero-order valence-corrected chi connectivity index (χ0v) is 13.7. The first-order chi connectivity index (χ1) is 10.5. The van der Waals surface area contributed by atoms with Crippen LogP contribution in [0.4, 0.5) is 0 Å². The Morgan fingerprint density at radius 2 is 2.00 bits per heavy atom. The van der Waals surface area contributed by atoms with E-state index < -0.39 is 5.97 Å². The third-order valence-electron chi connectivity index (χ3n) is 3.42. The molecule has 2 rings (SSSR count). The third kappa shape index (κ3) is 4.18. The van der Waals surface area contributed by atoms with Gasteiger partial charge in [-0.05, 0) is 55.5 Å². The minimum Gasteiger partial charge on any atom is -0.452 e. The van der Waals surface area contributed by atoms with Gasteiger partial charge in [0, 0.05) is 4.88 Å². The number of thiophene rings is 1. The Hall–Kier alpha value is -2.14. The van der Waals surface area contributed by atoms with Crippen LogP contribution in [0.1, 0.15) is 39.3 Å². The van der Waals surface area contributed by atoms with Gasteiger partial charge in [-0.2, -0.15) is 0 Å². The summed E-state index contributed by atoms with van der Waals surface area (Å²) in [6.45, 7) is 5.53. The fourth-order valence-corrected chi connectivity index (χ4v) is 2.71. The summed E-state index contributed by atoms with van der Waals surface area (Å²) in [5.41, 5.74) is 2.59. The van der Waals surface area contributed by atoms with Crippen molar-refractivity contribution in [1.82, 2.24) is 5.32 Å². The molecule has 0 radical (unpaired) electrons. The third-order valence-corrected chi connectivity index (χ3v) is 4.48. The molecule has 1 aromatic carbocycles. The van der Waals surface area contributed by atoms with Crippen molar-refractivity contribution in [3.8, 4) is 0 Å². The molecule has 4 nitrogen and oxygen atoms in total. The van der Waals surface area contributed by atoms with E-state index in [9.17, 15) is 9.59 Å². The van der Waals surface area contributed by atoms with Crippen molar-refractivity contribution in [3.05, 3.63) is 57.3 Å². The summed E-state index contributed by atoms with van der Waals surface area (Å²) in [4.78, 5) is 24.8. The van der Waals surface area contributed by atoms with Crippen molar-refractivity contribution < 1.29 is 14.3 Å². The largest absolute Gasteiger partial charge is 0.452 e. The minimum atomic E-state index is -0.484. The molecule has 0 bridgehead atoms. The van der Waals surface area contributed by atoms with E-state index in [0.717, 1.165) is 16.0 Å². The molecule has 5 heteroatoms. The summed E-state index contributed by atoms with van der Waals surface area (Å²) < 4.78 is 5.06. The SMILES string of the molecule is Cc1ccc(C(=O)OCC(=O)NC(C)c2cccs2)cc1C. The molecule has 1 amide bonds. The van der Waals surface area contributed by atoms with Crippen LogP contribution in [0.3, 0.4) is 0 Å². The molecule has 1 heterocycles. The van der Waals surface area contributed by atoms with Gasteiger partial charge in [-0.1, -0.05) is 12.1 Å². The number of hydrogen-bond donors (Lipinski definition) is 1. The van der Waals surface area contributed by atoms with Crippen LogP contribution in [0.25, 0.3) is 0 Å². The van der Waals surface area contributed by atoms with Crippen LogP contribution < -0.4 is 5.32 Å². The first-order valence-corrected chi connectivity index (χ1v) is 7.92. The molecule has 0 aliphatic heterocycles. The number of esters is 1. The normalized spacial score (nSPS) is 11.8. The molecule has 116 valence electrons. The van der Waals surface area contributed by atoms with E-state index in [1.165, 1.54) is 0 Å². The predicted molar refractivity (Wildman–Crippen MR) is 87.1 cm³/mol. The lowest BCUT2D eigenvalue weighted by Gasteiger charge is -2.12. The number of aryl methyl sites for hydroxylation is 2. The van der Waals surface area contributed by atoms with Crippen LogP contribution in [-0.2, 0) is 9.53 Å². The van der Waals surface area contributed by atoms with Crippen molar-refractivity contribution in [3.63, 3.8) is 0 Å². The standard InChI is InChI=1S/C17H19NO3S/c1-11-6-7-14(9-12(11)2)17(20)21-10-16(19)18-13(3)15-5-4-8-22-15/h4-9,13H,10H2,1-3H3,(H,18,19). The second-order valence-electron chi connectivity index (χ2n) is 5.18. The molecular weight excluding hydrogens is 298 g/mol. The molecule has 1 aromatic heterocycles. The van der Waals surface area contributed by atoms with Gasteiger partial charge in [0.1, 0.15) is 0 Å². The summed E-state index contributed by atoms with van der Waals surface area (Å²) in [5.74, 6) is -0.792. The predicted octanol–water partition coefficient (Wildman–Crippen LogP) is 3.40. The second kappa shape index (κ2) is 7.22. The molecular formula is C17H19NO3S. The second-order valence-corrected chi connectivity index (χ2v) is 6.16. The molecule has 0 saturated carbocycles. The average molecular weight is 317 g/mol. The Kier molecular flexibility index (Phi) is 5.33. The molecule has 0 fully saturated rings. The molecule has 22 heavy (non-hydrogen) atoms. The highest BCUT2D eigenvalue weighted by Crippen LogP contribution is 2.17.